The van der Waals surface area contributed by atoms with E-state index in [4.69, 9.17) is 9.84 Å². The van der Waals surface area contributed by atoms with Gasteiger partial charge in [0.2, 0.25) is 0 Å². The van der Waals surface area contributed by atoms with Crippen LogP contribution in [0.25, 0.3) is 11.1 Å². The molecule has 1 saturated heterocycles. The molecule has 3 aliphatic rings. The molecule has 2 saturated carbocycles. The van der Waals surface area contributed by atoms with E-state index in [0.29, 0.717) is 36.2 Å². The quantitative estimate of drug-likeness (QED) is 0.625. The number of hydrogen-bond donors (Lipinski definition) is 1. The summed E-state index contributed by atoms with van der Waals surface area (Å²) in [6.07, 6.45) is 7.86. The molecule has 170 valence electrons. The van der Waals surface area contributed by atoms with Crippen molar-refractivity contribution in [3.05, 3.63) is 53.8 Å². The normalized spacial score (nSPS) is 28.2. The number of carboxylic acid groups (broad SMARTS) is 1. The van der Waals surface area contributed by atoms with Gasteiger partial charge < -0.3 is 9.84 Å². The van der Waals surface area contributed by atoms with Crippen LogP contribution in [-0.4, -0.2) is 35.2 Å². The van der Waals surface area contributed by atoms with Gasteiger partial charge in [-0.15, -0.1) is 0 Å². The Labute approximate surface area is 189 Å². The lowest BCUT2D eigenvalue weighted by Gasteiger charge is -2.52. The fraction of sp³-hybridized carbons (Fsp3) is 0.519. The summed E-state index contributed by atoms with van der Waals surface area (Å²) in [6, 6.07) is 13.2. The number of carboxylic acids is 1. The van der Waals surface area contributed by atoms with Crippen molar-refractivity contribution in [1.82, 2.24) is 4.90 Å². The zero-order valence-electron chi connectivity index (χ0n) is 18.7. The second kappa shape index (κ2) is 8.51. The molecule has 1 N–H and O–H groups in total. The van der Waals surface area contributed by atoms with Crippen LogP contribution in [0.3, 0.4) is 0 Å². The van der Waals surface area contributed by atoms with Crippen LogP contribution in [0, 0.1) is 23.1 Å². The molecule has 0 aromatic heterocycles. The molecule has 0 radical (unpaired) electrons. The molecule has 1 aliphatic heterocycles. The van der Waals surface area contributed by atoms with Gasteiger partial charge in [-0.25, -0.2) is 4.39 Å². The van der Waals surface area contributed by atoms with Crippen LogP contribution in [0.4, 0.5) is 4.39 Å². The fourth-order valence-corrected chi connectivity index (χ4v) is 5.79. The average molecular weight is 438 g/mol. The van der Waals surface area contributed by atoms with Gasteiger partial charge in [-0.05, 0) is 67.6 Å². The van der Waals surface area contributed by atoms with E-state index >= 15 is 4.39 Å². The van der Waals surface area contributed by atoms with Crippen LogP contribution >= 0.6 is 0 Å². The van der Waals surface area contributed by atoms with E-state index in [2.05, 4.69) is 6.92 Å². The number of nitrogens with zero attached hydrogens (tertiary/aromatic N) is 1. The summed E-state index contributed by atoms with van der Waals surface area (Å²) in [4.78, 5) is 13.0. The minimum atomic E-state index is -0.775. The summed E-state index contributed by atoms with van der Waals surface area (Å²) in [6.45, 7) is 3.79. The monoisotopic (exact) mass is 437 g/mol. The van der Waals surface area contributed by atoms with Gasteiger partial charge in [-0.2, -0.15) is 0 Å². The van der Waals surface area contributed by atoms with Gasteiger partial charge >= 0.3 is 5.97 Å². The lowest BCUT2D eigenvalue weighted by molar-refractivity contribution is -0.147. The van der Waals surface area contributed by atoms with E-state index in [-0.39, 0.29) is 17.8 Å². The molecule has 0 amide bonds. The molecule has 32 heavy (non-hydrogen) atoms. The molecular formula is C27H32FNO3. The molecule has 2 aliphatic carbocycles. The van der Waals surface area contributed by atoms with Crippen molar-refractivity contribution in [2.75, 3.05) is 13.1 Å². The lowest BCUT2D eigenvalue weighted by Crippen LogP contribution is -2.49. The summed E-state index contributed by atoms with van der Waals surface area (Å²) in [7, 11) is 0. The Morgan fingerprint density at radius 3 is 2.38 bits per heavy atom. The number of aliphatic carboxylic acids is 1. The van der Waals surface area contributed by atoms with Crippen molar-refractivity contribution in [2.45, 2.75) is 58.1 Å². The predicted molar refractivity (Wildman–Crippen MR) is 122 cm³/mol. The van der Waals surface area contributed by atoms with E-state index in [0.717, 1.165) is 30.1 Å². The standard InChI is InChI=1S/C27H32FNO3/c1-18-9-12-27(18)13-10-23(11-14-27)32-22-7-5-19(6-8-22)24-4-2-3-20(25(24)28)15-29-16-21(17-29)26(30)31/h2-8,18,21,23H,9-17H2,1H3,(H,30,31). The first-order valence-electron chi connectivity index (χ1n) is 11.9. The van der Waals surface area contributed by atoms with Crippen molar-refractivity contribution in [3.63, 3.8) is 0 Å². The Morgan fingerprint density at radius 1 is 1.09 bits per heavy atom. The Bertz CT molecular complexity index is 975. The first-order chi connectivity index (χ1) is 15.4. The van der Waals surface area contributed by atoms with Crippen LogP contribution in [0.2, 0.25) is 0 Å². The van der Waals surface area contributed by atoms with Gasteiger partial charge in [0, 0.05) is 30.8 Å². The van der Waals surface area contributed by atoms with E-state index < -0.39 is 5.97 Å². The van der Waals surface area contributed by atoms with Crippen molar-refractivity contribution >= 4 is 5.97 Å². The molecule has 1 atom stereocenters. The Hall–Kier alpha value is -2.40. The zero-order chi connectivity index (χ0) is 22.3. The van der Waals surface area contributed by atoms with E-state index in [1.165, 1.54) is 25.7 Å². The zero-order valence-corrected chi connectivity index (χ0v) is 18.7. The molecule has 3 fully saturated rings. The summed E-state index contributed by atoms with van der Waals surface area (Å²) < 4.78 is 21.4. The molecule has 5 rings (SSSR count). The summed E-state index contributed by atoms with van der Waals surface area (Å²) in [5.41, 5.74) is 2.60. The highest BCUT2D eigenvalue weighted by molar-refractivity contribution is 5.71. The van der Waals surface area contributed by atoms with Crippen molar-refractivity contribution < 1.29 is 19.0 Å². The second-order valence-corrected chi connectivity index (χ2v) is 10.2. The van der Waals surface area contributed by atoms with Gasteiger partial charge in [0.05, 0.1) is 12.0 Å². The topological polar surface area (TPSA) is 49.8 Å². The van der Waals surface area contributed by atoms with Crippen LogP contribution < -0.4 is 4.74 Å². The maximum absolute atomic E-state index is 15.2. The number of ether oxygens (including phenoxy) is 1. The minimum Gasteiger partial charge on any atom is -0.490 e. The van der Waals surface area contributed by atoms with Gasteiger partial charge in [0.15, 0.2) is 0 Å². The third kappa shape index (κ3) is 4.03. The molecule has 5 heteroatoms. The van der Waals surface area contributed by atoms with Gasteiger partial charge in [-0.1, -0.05) is 37.3 Å². The Balaban J connectivity index is 1.20. The molecule has 4 nitrogen and oxygen atoms in total. The minimum absolute atomic E-state index is 0.229. The van der Waals surface area contributed by atoms with E-state index in [1.807, 2.05) is 35.2 Å². The molecule has 1 spiro atoms. The first-order valence-corrected chi connectivity index (χ1v) is 11.9. The maximum Gasteiger partial charge on any atom is 0.309 e. The molecule has 2 aromatic carbocycles. The van der Waals surface area contributed by atoms with Crippen LogP contribution in [0.5, 0.6) is 5.75 Å². The molecule has 0 bridgehead atoms. The third-order valence-corrected chi connectivity index (χ3v) is 8.30. The predicted octanol–water partition coefficient (Wildman–Crippen LogP) is 5.75. The lowest BCUT2D eigenvalue weighted by atomic mass is 9.54. The van der Waals surface area contributed by atoms with Crippen LogP contribution in [0.15, 0.2) is 42.5 Å². The second-order valence-electron chi connectivity index (χ2n) is 10.2. The fourth-order valence-electron chi connectivity index (χ4n) is 5.79. The van der Waals surface area contributed by atoms with Crippen molar-refractivity contribution in [3.8, 4) is 16.9 Å². The molecule has 1 heterocycles. The highest BCUT2D eigenvalue weighted by atomic mass is 19.1. The van der Waals surface area contributed by atoms with Crippen LogP contribution in [0.1, 0.15) is 51.0 Å². The highest BCUT2D eigenvalue weighted by Crippen LogP contribution is 2.55. The summed E-state index contributed by atoms with van der Waals surface area (Å²) in [5, 5.41) is 9.03. The van der Waals surface area contributed by atoms with Crippen molar-refractivity contribution in [2.24, 2.45) is 17.3 Å². The SMILES string of the molecule is CC1CCC12CCC(Oc1ccc(-c3cccc(CN4CC(C(=O)O)C4)c3F)cc1)CC2. The van der Waals surface area contributed by atoms with Crippen molar-refractivity contribution in [1.29, 1.82) is 0 Å². The number of benzene rings is 2. The number of carbonyl (C=O) groups is 1. The number of likely N-dealkylation sites (tertiary alicyclic amines) is 1. The van der Waals surface area contributed by atoms with Gasteiger partial charge in [0.1, 0.15) is 11.6 Å². The number of halogens is 1. The molecule has 2 aromatic rings. The van der Waals surface area contributed by atoms with E-state index in [1.54, 1.807) is 12.1 Å². The number of rotatable bonds is 6. The first kappa shape index (κ1) is 21.4. The summed E-state index contributed by atoms with van der Waals surface area (Å²) in [5.74, 6) is 0.386. The summed E-state index contributed by atoms with van der Waals surface area (Å²) >= 11 is 0. The Morgan fingerprint density at radius 2 is 1.78 bits per heavy atom. The Kier molecular flexibility index (Phi) is 5.70. The smallest absolute Gasteiger partial charge is 0.309 e. The molecule has 1 unspecified atom stereocenters. The van der Waals surface area contributed by atoms with Gasteiger partial charge in [0.25, 0.3) is 0 Å². The van der Waals surface area contributed by atoms with E-state index in [9.17, 15) is 4.79 Å². The molecular weight excluding hydrogens is 405 g/mol. The van der Waals surface area contributed by atoms with Crippen LogP contribution in [-0.2, 0) is 11.3 Å². The largest absolute Gasteiger partial charge is 0.490 e. The maximum atomic E-state index is 15.2. The number of hydrogen-bond acceptors (Lipinski definition) is 3. The highest BCUT2D eigenvalue weighted by Gasteiger charge is 2.46. The third-order valence-electron chi connectivity index (χ3n) is 8.30. The average Bonchev–Trinajstić information content (AvgIpc) is 2.77. The van der Waals surface area contributed by atoms with Gasteiger partial charge in [-0.3, -0.25) is 9.69 Å².